The molecule has 0 radical (unpaired) electrons. The van der Waals surface area contributed by atoms with Gasteiger partial charge in [-0.2, -0.15) is 0 Å². The number of benzene rings is 1. The molecular formula is C11H9BrClN3O2. The molecule has 2 aromatic rings. The van der Waals surface area contributed by atoms with E-state index in [9.17, 15) is 4.79 Å². The van der Waals surface area contributed by atoms with Gasteiger partial charge in [0.2, 0.25) is 0 Å². The number of rotatable bonds is 3. The molecule has 0 bridgehead atoms. The summed E-state index contributed by atoms with van der Waals surface area (Å²) < 4.78 is 2.28. The zero-order valence-corrected chi connectivity index (χ0v) is 11.7. The van der Waals surface area contributed by atoms with E-state index < -0.39 is 5.97 Å². The van der Waals surface area contributed by atoms with E-state index in [0.717, 1.165) is 4.47 Å². The Morgan fingerprint density at radius 1 is 1.56 bits per heavy atom. The molecular weight excluding hydrogens is 321 g/mol. The molecule has 18 heavy (non-hydrogen) atoms. The molecule has 94 valence electrons. The Labute approximate surface area is 117 Å². The van der Waals surface area contributed by atoms with Gasteiger partial charge < -0.3 is 5.11 Å². The summed E-state index contributed by atoms with van der Waals surface area (Å²) in [7, 11) is 0. The average molecular weight is 331 g/mol. The van der Waals surface area contributed by atoms with Crippen molar-refractivity contribution >= 4 is 33.5 Å². The third kappa shape index (κ3) is 2.26. The van der Waals surface area contributed by atoms with Crippen molar-refractivity contribution in [1.29, 1.82) is 0 Å². The summed E-state index contributed by atoms with van der Waals surface area (Å²) in [5.41, 5.74) is 1.07. The topological polar surface area (TPSA) is 68.0 Å². The molecule has 0 aliphatic carbocycles. The standard InChI is InChI=1S/C11H9BrClN3O2/c1-2-8-10(11(17)18)14-15-16(8)9-5-6(12)3-4-7(9)13/h3-5H,2H2,1H3,(H,17,18). The highest BCUT2D eigenvalue weighted by atomic mass is 79.9. The van der Waals surface area contributed by atoms with Crippen LogP contribution in [0.5, 0.6) is 0 Å². The Hall–Kier alpha value is -1.40. The first-order chi connectivity index (χ1) is 8.54. The number of hydrogen-bond donors (Lipinski definition) is 1. The summed E-state index contributed by atoms with van der Waals surface area (Å²) in [4.78, 5) is 11.0. The molecule has 1 aromatic carbocycles. The molecule has 0 aliphatic heterocycles. The van der Waals surface area contributed by atoms with Crippen molar-refractivity contribution in [3.05, 3.63) is 39.1 Å². The molecule has 0 aliphatic rings. The quantitative estimate of drug-likeness (QED) is 0.939. The fraction of sp³-hybridized carbons (Fsp3) is 0.182. The number of hydrogen-bond acceptors (Lipinski definition) is 3. The summed E-state index contributed by atoms with van der Waals surface area (Å²) in [5.74, 6) is -1.09. The third-order valence-electron chi connectivity index (χ3n) is 2.44. The van der Waals surface area contributed by atoms with Crippen LogP contribution in [-0.2, 0) is 6.42 Å². The summed E-state index contributed by atoms with van der Waals surface area (Å²) in [5, 5.41) is 17.0. The van der Waals surface area contributed by atoms with Crippen molar-refractivity contribution in [3.8, 4) is 5.69 Å². The van der Waals surface area contributed by atoms with E-state index in [-0.39, 0.29) is 5.69 Å². The molecule has 0 unspecified atom stereocenters. The SMILES string of the molecule is CCc1c(C(=O)O)nnn1-c1cc(Br)ccc1Cl. The zero-order chi connectivity index (χ0) is 13.3. The number of carbonyl (C=O) groups is 1. The van der Waals surface area contributed by atoms with Crippen molar-refractivity contribution in [3.63, 3.8) is 0 Å². The number of aromatic carboxylic acids is 1. The van der Waals surface area contributed by atoms with Crippen LogP contribution in [0.1, 0.15) is 23.1 Å². The van der Waals surface area contributed by atoms with E-state index >= 15 is 0 Å². The second kappa shape index (κ2) is 5.07. The van der Waals surface area contributed by atoms with Gasteiger partial charge in [0.05, 0.1) is 16.4 Å². The molecule has 1 N–H and O–H groups in total. The van der Waals surface area contributed by atoms with Gasteiger partial charge in [0.25, 0.3) is 0 Å². The van der Waals surface area contributed by atoms with Crippen LogP contribution in [0.2, 0.25) is 5.02 Å². The van der Waals surface area contributed by atoms with E-state index in [1.807, 2.05) is 6.92 Å². The highest BCUT2D eigenvalue weighted by Crippen LogP contribution is 2.25. The van der Waals surface area contributed by atoms with Crippen LogP contribution < -0.4 is 0 Å². The molecule has 0 amide bonds. The smallest absolute Gasteiger partial charge is 0.358 e. The molecule has 5 nitrogen and oxygen atoms in total. The number of aromatic nitrogens is 3. The lowest BCUT2D eigenvalue weighted by molar-refractivity contribution is 0.0689. The van der Waals surface area contributed by atoms with Crippen LogP contribution in [0.25, 0.3) is 5.69 Å². The minimum absolute atomic E-state index is 0.0476. The number of nitrogens with zero attached hydrogens (tertiary/aromatic N) is 3. The van der Waals surface area contributed by atoms with Crippen molar-refractivity contribution < 1.29 is 9.90 Å². The maximum absolute atomic E-state index is 11.0. The normalized spacial score (nSPS) is 10.6. The Morgan fingerprint density at radius 3 is 2.89 bits per heavy atom. The number of carboxylic acid groups (broad SMARTS) is 1. The Kier molecular flexibility index (Phi) is 3.68. The van der Waals surface area contributed by atoms with Crippen LogP contribution in [0, 0.1) is 0 Å². The van der Waals surface area contributed by atoms with Crippen LogP contribution >= 0.6 is 27.5 Å². The van der Waals surface area contributed by atoms with Gasteiger partial charge in [0, 0.05) is 4.47 Å². The van der Waals surface area contributed by atoms with Crippen LogP contribution in [0.15, 0.2) is 22.7 Å². The highest BCUT2D eigenvalue weighted by Gasteiger charge is 2.19. The summed E-state index contributed by atoms with van der Waals surface area (Å²) >= 11 is 9.43. The Morgan fingerprint density at radius 2 is 2.28 bits per heavy atom. The van der Waals surface area contributed by atoms with Gasteiger partial charge in [0.1, 0.15) is 0 Å². The first kappa shape index (κ1) is 13.0. The number of halogens is 2. The van der Waals surface area contributed by atoms with E-state index in [1.165, 1.54) is 4.68 Å². The van der Waals surface area contributed by atoms with E-state index in [2.05, 4.69) is 26.2 Å². The van der Waals surface area contributed by atoms with Crippen LogP contribution in [0.3, 0.4) is 0 Å². The summed E-state index contributed by atoms with van der Waals surface area (Å²) in [6, 6.07) is 5.27. The van der Waals surface area contributed by atoms with Gasteiger partial charge in [-0.1, -0.05) is 39.7 Å². The Bertz CT molecular complexity index is 612. The van der Waals surface area contributed by atoms with Crippen molar-refractivity contribution in [1.82, 2.24) is 15.0 Å². The molecule has 0 saturated heterocycles. The van der Waals surface area contributed by atoms with Gasteiger partial charge >= 0.3 is 5.97 Å². The van der Waals surface area contributed by atoms with Gasteiger partial charge in [-0.3, -0.25) is 0 Å². The zero-order valence-electron chi connectivity index (χ0n) is 9.39. The fourth-order valence-corrected chi connectivity index (χ4v) is 2.17. The lowest BCUT2D eigenvalue weighted by Crippen LogP contribution is -2.06. The lowest BCUT2D eigenvalue weighted by Gasteiger charge is -2.07. The van der Waals surface area contributed by atoms with Crippen LogP contribution in [0.4, 0.5) is 0 Å². The van der Waals surface area contributed by atoms with Crippen LogP contribution in [-0.4, -0.2) is 26.1 Å². The van der Waals surface area contributed by atoms with Crippen molar-refractivity contribution in [2.24, 2.45) is 0 Å². The van der Waals surface area contributed by atoms with Gasteiger partial charge in [-0.15, -0.1) is 5.10 Å². The second-order valence-corrected chi connectivity index (χ2v) is 4.87. The molecule has 0 atom stereocenters. The maximum atomic E-state index is 11.0. The lowest BCUT2D eigenvalue weighted by atomic mass is 10.2. The molecule has 0 spiro atoms. The average Bonchev–Trinajstić information content (AvgIpc) is 2.75. The largest absolute Gasteiger partial charge is 0.476 e. The summed E-state index contributed by atoms with van der Waals surface area (Å²) in [6.45, 7) is 1.84. The monoisotopic (exact) mass is 329 g/mol. The van der Waals surface area contributed by atoms with Gasteiger partial charge in [-0.25, -0.2) is 9.48 Å². The number of carboxylic acids is 1. The van der Waals surface area contributed by atoms with Gasteiger partial charge in [0.15, 0.2) is 5.69 Å². The highest BCUT2D eigenvalue weighted by molar-refractivity contribution is 9.10. The van der Waals surface area contributed by atoms with E-state index in [4.69, 9.17) is 16.7 Å². The van der Waals surface area contributed by atoms with E-state index in [1.54, 1.807) is 18.2 Å². The third-order valence-corrected chi connectivity index (χ3v) is 3.25. The first-order valence-corrected chi connectivity index (χ1v) is 6.35. The Balaban J connectivity index is 2.64. The minimum Gasteiger partial charge on any atom is -0.476 e. The molecule has 2 rings (SSSR count). The van der Waals surface area contributed by atoms with E-state index in [0.29, 0.717) is 22.8 Å². The maximum Gasteiger partial charge on any atom is 0.358 e. The second-order valence-electron chi connectivity index (χ2n) is 3.55. The molecule has 0 fully saturated rings. The first-order valence-electron chi connectivity index (χ1n) is 5.18. The fourth-order valence-electron chi connectivity index (χ4n) is 1.63. The van der Waals surface area contributed by atoms with Gasteiger partial charge in [-0.05, 0) is 24.6 Å². The summed E-state index contributed by atoms with van der Waals surface area (Å²) in [6.07, 6.45) is 0.497. The predicted octanol–water partition coefficient (Wildman–Crippen LogP) is 2.94. The van der Waals surface area contributed by atoms with Crippen molar-refractivity contribution in [2.75, 3.05) is 0 Å². The minimum atomic E-state index is -1.09. The predicted molar refractivity (Wildman–Crippen MR) is 70.4 cm³/mol. The molecule has 1 aromatic heterocycles. The van der Waals surface area contributed by atoms with Crippen molar-refractivity contribution in [2.45, 2.75) is 13.3 Å². The molecule has 7 heteroatoms. The molecule has 0 saturated carbocycles. The molecule has 1 heterocycles.